The molecule has 0 bridgehead atoms. The third kappa shape index (κ3) is 11.0. The summed E-state index contributed by atoms with van der Waals surface area (Å²) < 4.78 is 39.3. The van der Waals surface area contributed by atoms with Crippen molar-refractivity contribution in [1.29, 1.82) is 0 Å². The average molecular weight is 770 g/mol. The largest absolute Gasteiger partial charge is 0.434 e. The number of nitrogens with two attached hydrogens (primary N) is 1. The Morgan fingerprint density at radius 3 is 2.40 bits per heavy atom. The number of oxazole rings is 1. The Hall–Kier alpha value is -3.91. The van der Waals surface area contributed by atoms with E-state index in [4.69, 9.17) is 38.1 Å². The molecule has 1 amide bonds. The van der Waals surface area contributed by atoms with Gasteiger partial charge in [-0.25, -0.2) is 18.1 Å². The molecule has 5 rings (SSSR count). The number of ether oxygens (including phenoxy) is 1. The Labute approximate surface area is 313 Å². The van der Waals surface area contributed by atoms with Gasteiger partial charge in [-0.3, -0.25) is 14.4 Å². The Morgan fingerprint density at radius 1 is 1.04 bits per heavy atom. The number of carbonyl (C=O) groups is 3. The van der Waals surface area contributed by atoms with Gasteiger partial charge in [0, 0.05) is 35.3 Å². The lowest BCUT2D eigenvalue weighted by Gasteiger charge is -2.28. The third-order valence-electron chi connectivity index (χ3n) is 8.85. The van der Waals surface area contributed by atoms with Crippen molar-refractivity contribution in [3.05, 3.63) is 106 Å². The lowest BCUT2D eigenvalue weighted by molar-refractivity contribution is -0.139. The number of ketones is 2. The minimum atomic E-state index is -3.83. The summed E-state index contributed by atoms with van der Waals surface area (Å²) >= 11 is 12.0. The summed E-state index contributed by atoms with van der Waals surface area (Å²) in [6.07, 6.45) is 5.50. The molecular weight excluding hydrogens is 727 g/mol. The molecule has 2 heterocycles. The molecular formula is C38H42Cl2N4O7S. The number of benzene rings is 3. The summed E-state index contributed by atoms with van der Waals surface area (Å²) in [5.74, 6) is -2.18. The molecule has 1 aliphatic heterocycles. The van der Waals surface area contributed by atoms with Crippen molar-refractivity contribution in [1.82, 2.24) is 14.6 Å². The van der Waals surface area contributed by atoms with Gasteiger partial charge in [-0.05, 0) is 73.3 Å². The van der Waals surface area contributed by atoms with Gasteiger partial charge >= 0.3 is 0 Å². The van der Waals surface area contributed by atoms with Crippen LogP contribution in [0.5, 0.6) is 0 Å². The predicted octanol–water partition coefficient (Wildman–Crippen LogP) is 6.23. The second-order valence-corrected chi connectivity index (χ2v) is 15.6. The van der Waals surface area contributed by atoms with E-state index in [-0.39, 0.29) is 44.1 Å². The van der Waals surface area contributed by atoms with Gasteiger partial charge < -0.3 is 19.8 Å². The molecule has 3 N–H and O–H groups in total. The van der Waals surface area contributed by atoms with Gasteiger partial charge in [-0.1, -0.05) is 78.2 Å². The number of unbranched alkanes of at least 4 members (excludes halogenated alkanes) is 1. The molecule has 14 heteroatoms. The molecule has 11 nitrogen and oxygen atoms in total. The number of likely N-dealkylation sites (tertiary alicyclic amines) is 1. The molecule has 3 aromatic carbocycles. The van der Waals surface area contributed by atoms with Crippen molar-refractivity contribution in [2.24, 2.45) is 11.7 Å². The van der Waals surface area contributed by atoms with Crippen LogP contribution in [-0.4, -0.2) is 73.3 Å². The molecule has 4 atom stereocenters. The van der Waals surface area contributed by atoms with Crippen molar-refractivity contribution < 1.29 is 32.0 Å². The normalized spacial score (nSPS) is 17.5. The van der Waals surface area contributed by atoms with E-state index in [1.807, 2.05) is 12.1 Å². The van der Waals surface area contributed by atoms with Crippen LogP contribution >= 0.6 is 23.2 Å². The maximum Gasteiger partial charge on any atom is 0.264 e. The fraction of sp³-hybridized carbons (Fsp3) is 0.368. The van der Waals surface area contributed by atoms with Crippen LogP contribution in [0.25, 0.3) is 17.2 Å². The van der Waals surface area contributed by atoms with Crippen LogP contribution in [0.4, 0.5) is 0 Å². The average Bonchev–Trinajstić information content (AvgIpc) is 3.75. The van der Waals surface area contributed by atoms with Gasteiger partial charge in [0.15, 0.2) is 11.4 Å². The highest BCUT2D eigenvalue weighted by Crippen LogP contribution is 2.29. The minimum Gasteiger partial charge on any atom is -0.434 e. The second kappa shape index (κ2) is 18.2. The molecule has 4 aromatic rings. The van der Waals surface area contributed by atoms with E-state index in [9.17, 15) is 22.8 Å². The zero-order chi connectivity index (χ0) is 37.3. The molecule has 0 aliphatic carbocycles. The second-order valence-electron chi connectivity index (χ2n) is 12.9. The number of Topliss-reactive ketones (excluding diaryl/α,β-unsaturated/α-hetero) is 2. The minimum absolute atomic E-state index is 0.0140. The maximum atomic E-state index is 14.3. The summed E-state index contributed by atoms with van der Waals surface area (Å²) in [5.41, 5.74) is 8.39. The predicted molar refractivity (Wildman–Crippen MR) is 201 cm³/mol. The first kappa shape index (κ1) is 39.3. The van der Waals surface area contributed by atoms with Gasteiger partial charge in [-0.15, -0.1) is 0 Å². The smallest absolute Gasteiger partial charge is 0.264 e. The highest BCUT2D eigenvalue weighted by Gasteiger charge is 2.43. The Kier molecular flexibility index (Phi) is 13.8. The van der Waals surface area contributed by atoms with Crippen LogP contribution < -0.4 is 10.5 Å². The molecule has 1 aromatic heterocycles. The quantitative estimate of drug-likeness (QED) is 0.0883. The van der Waals surface area contributed by atoms with E-state index in [1.54, 1.807) is 72.8 Å². The Balaban J connectivity index is 1.39. The Bertz CT molecular complexity index is 1950. The van der Waals surface area contributed by atoms with Crippen molar-refractivity contribution >= 4 is 67.9 Å². The first-order valence-electron chi connectivity index (χ1n) is 17.1. The molecule has 0 unspecified atom stereocenters. The summed E-state index contributed by atoms with van der Waals surface area (Å²) in [6, 6.07) is 19.0. The summed E-state index contributed by atoms with van der Waals surface area (Å²) in [5, 5.41) is 1.15. The highest BCUT2D eigenvalue weighted by atomic mass is 35.5. The highest BCUT2D eigenvalue weighted by molar-refractivity contribution is 7.88. The van der Waals surface area contributed by atoms with E-state index < -0.39 is 45.8 Å². The van der Waals surface area contributed by atoms with Gasteiger partial charge in [-0.2, -0.15) is 0 Å². The molecule has 276 valence electrons. The van der Waals surface area contributed by atoms with Crippen LogP contribution in [0.2, 0.25) is 10.0 Å². The summed E-state index contributed by atoms with van der Waals surface area (Å²) in [6.45, 7) is 0.677. The summed E-state index contributed by atoms with van der Waals surface area (Å²) in [4.78, 5) is 48.0. The monoisotopic (exact) mass is 768 g/mol. The number of fused-ring (bicyclic) bond motifs is 1. The van der Waals surface area contributed by atoms with Crippen molar-refractivity contribution in [2.45, 2.75) is 63.3 Å². The first-order chi connectivity index (χ1) is 24.9. The van der Waals surface area contributed by atoms with Crippen LogP contribution in [0.3, 0.4) is 0 Å². The zero-order valence-electron chi connectivity index (χ0n) is 28.7. The fourth-order valence-electron chi connectivity index (χ4n) is 6.23. The van der Waals surface area contributed by atoms with E-state index in [1.165, 1.54) is 4.90 Å². The van der Waals surface area contributed by atoms with E-state index >= 15 is 0 Å². The van der Waals surface area contributed by atoms with Gasteiger partial charge in [0.1, 0.15) is 11.6 Å². The molecule has 0 spiro atoms. The fourth-order valence-corrected chi connectivity index (χ4v) is 7.19. The molecule has 0 radical (unpaired) electrons. The van der Waals surface area contributed by atoms with Gasteiger partial charge in [0.25, 0.3) is 5.89 Å². The zero-order valence-corrected chi connectivity index (χ0v) is 31.1. The molecule has 0 saturated carbocycles. The van der Waals surface area contributed by atoms with Crippen LogP contribution in [0, 0.1) is 5.92 Å². The summed E-state index contributed by atoms with van der Waals surface area (Å²) in [7, 11) is -3.83. The van der Waals surface area contributed by atoms with Crippen LogP contribution in [0.15, 0.2) is 83.3 Å². The van der Waals surface area contributed by atoms with E-state index in [0.29, 0.717) is 47.0 Å². The van der Waals surface area contributed by atoms with Crippen LogP contribution in [0.1, 0.15) is 60.3 Å². The number of carbonyl (C=O) groups excluding carboxylic acids is 3. The number of para-hydroxylation sites is 2. The third-order valence-corrected chi connectivity index (χ3v) is 10.1. The number of sulfonamides is 1. The lowest BCUT2D eigenvalue weighted by atomic mass is 9.89. The van der Waals surface area contributed by atoms with Crippen LogP contribution in [-0.2, 0) is 31.0 Å². The van der Waals surface area contributed by atoms with E-state index in [0.717, 1.165) is 17.4 Å². The number of amides is 1. The van der Waals surface area contributed by atoms with Gasteiger partial charge in [0.2, 0.25) is 21.7 Å². The maximum absolute atomic E-state index is 14.3. The molecule has 52 heavy (non-hydrogen) atoms. The number of rotatable bonds is 18. The number of nitrogens with zero attached hydrogens (tertiary/aromatic N) is 2. The van der Waals surface area contributed by atoms with Crippen molar-refractivity contribution in [2.75, 3.05) is 19.3 Å². The molecule has 1 saturated heterocycles. The number of hydrogen-bond acceptors (Lipinski definition) is 9. The first-order valence-corrected chi connectivity index (χ1v) is 19.7. The van der Waals surface area contributed by atoms with Crippen molar-refractivity contribution in [3.63, 3.8) is 0 Å². The van der Waals surface area contributed by atoms with E-state index in [2.05, 4.69) is 9.71 Å². The SMILES string of the molecule is CS(=O)(=O)N[C@H](C/C=C/c1ccc(Cl)cc1)C(=O)N1C[C@H](OCc2ccc(Cl)cc2)C[C@H]1C(=O)C[C@@H](CCCCN)C(=O)c1nc2ccccc2o1. The lowest BCUT2D eigenvalue weighted by Crippen LogP contribution is -2.51. The Morgan fingerprint density at radius 2 is 1.73 bits per heavy atom. The number of aromatic nitrogens is 1. The molecule has 1 aliphatic rings. The standard InChI is InChI=1S/C38H42Cl2N4O7S/c1-52(48,49)43-32(10-6-7-25-12-16-28(39)17-13-25)38(47)44-23-30(50-24-26-14-18-29(40)19-15-26)22-33(44)34(45)21-27(8-4-5-20-41)36(46)37-42-31-9-2-3-11-35(31)51-37/h2-3,6-7,9,11-19,27,30,32-33,43H,4-5,8,10,20-24,41H2,1H3/b7-6+/t27-,30-,32-,33+/m1/s1. The number of hydrogen-bond donors (Lipinski definition) is 2. The number of nitrogens with one attached hydrogen (secondary N) is 1. The van der Waals surface area contributed by atoms with Gasteiger partial charge in [0.05, 0.1) is 25.0 Å². The van der Waals surface area contributed by atoms with Crippen molar-refractivity contribution in [3.8, 4) is 0 Å². The number of halogens is 2. The topological polar surface area (TPSA) is 162 Å². The molecule has 1 fully saturated rings.